The van der Waals surface area contributed by atoms with Crippen LogP contribution in [0.4, 0.5) is 0 Å². The van der Waals surface area contributed by atoms with Gasteiger partial charge in [0.2, 0.25) is 0 Å². The molecule has 0 saturated carbocycles. The van der Waals surface area contributed by atoms with Crippen molar-refractivity contribution in [3.05, 3.63) is 179 Å². The van der Waals surface area contributed by atoms with Gasteiger partial charge in [0, 0.05) is 5.92 Å². The fourth-order valence-corrected chi connectivity index (χ4v) is 9.04. The largest absolute Gasteiger partial charge is 0.0842 e. The predicted octanol–water partition coefficient (Wildman–Crippen LogP) is 12.7. The standard InChI is InChI=1S/C49H36.C2H6/c1-31-45(48-27-33-15-3-6-18-37(33)40-21-9-12-24-43(40)48)29-35(47-26-32-14-2-5-17-36(32)39-20-8-11-23-42(39)47)30-46(31)49-28-34-16-4-7-19-38(34)41-22-10-13-25-44(41)49;1-2/h2-12,14-24,26-30,44,49H,13,25H2,1H3;1-2H3. The number of rotatable bonds is 3. The fraction of sp³-hybridized carbons (Fsp3) is 0.137. The van der Waals surface area contributed by atoms with Crippen LogP contribution in [0.5, 0.6) is 0 Å². The first-order valence-electron chi connectivity index (χ1n) is 18.7. The quantitative estimate of drug-likeness (QED) is 0.166. The van der Waals surface area contributed by atoms with Crippen LogP contribution in [0.25, 0.3) is 77.0 Å². The van der Waals surface area contributed by atoms with Crippen LogP contribution in [-0.4, -0.2) is 0 Å². The van der Waals surface area contributed by atoms with Crippen LogP contribution in [0, 0.1) is 12.8 Å². The molecule has 246 valence electrons. The maximum atomic E-state index is 2.58. The van der Waals surface area contributed by atoms with Gasteiger partial charge in [-0.25, -0.2) is 0 Å². The van der Waals surface area contributed by atoms with Gasteiger partial charge in [0.05, 0.1) is 0 Å². The van der Waals surface area contributed by atoms with Crippen LogP contribution in [-0.2, 0) is 0 Å². The van der Waals surface area contributed by atoms with Crippen LogP contribution in [0.15, 0.2) is 158 Å². The van der Waals surface area contributed by atoms with E-state index in [4.69, 9.17) is 0 Å². The smallest absolute Gasteiger partial charge is 0.00993 e. The molecule has 8 aromatic carbocycles. The van der Waals surface area contributed by atoms with Crippen LogP contribution in [0.3, 0.4) is 0 Å². The Hall–Kier alpha value is -5.72. The fourth-order valence-electron chi connectivity index (χ4n) is 9.04. The van der Waals surface area contributed by atoms with E-state index < -0.39 is 0 Å². The second-order valence-electron chi connectivity index (χ2n) is 13.9. The third kappa shape index (κ3) is 5.12. The Balaban J connectivity index is 0.00000171. The molecule has 0 aliphatic heterocycles. The summed E-state index contributed by atoms with van der Waals surface area (Å²) < 4.78 is 0. The second kappa shape index (κ2) is 12.9. The molecular weight excluding hydrogens is 613 g/mol. The molecule has 0 fully saturated rings. The monoisotopic (exact) mass is 654 g/mol. The highest BCUT2D eigenvalue weighted by Crippen LogP contribution is 2.47. The maximum absolute atomic E-state index is 2.58. The van der Waals surface area contributed by atoms with Crippen molar-refractivity contribution in [2.24, 2.45) is 5.92 Å². The van der Waals surface area contributed by atoms with E-state index in [-0.39, 0.29) is 5.92 Å². The van der Waals surface area contributed by atoms with Crippen LogP contribution in [0.2, 0.25) is 0 Å². The number of hydrogen-bond acceptors (Lipinski definition) is 0. The Kier molecular flexibility index (Phi) is 7.89. The second-order valence-corrected chi connectivity index (χ2v) is 13.9. The average Bonchev–Trinajstić information content (AvgIpc) is 3.21. The van der Waals surface area contributed by atoms with Crippen LogP contribution < -0.4 is 10.4 Å². The zero-order chi connectivity index (χ0) is 34.5. The third-order valence-electron chi connectivity index (χ3n) is 11.3. The summed E-state index contributed by atoms with van der Waals surface area (Å²) in [6, 6.07) is 54.5. The molecule has 0 heteroatoms. The first-order valence-corrected chi connectivity index (χ1v) is 18.7. The molecule has 10 rings (SSSR count). The minimum Gasteiger partial charge on any atom is -0.0842 e. The molecule has 0 nitrogen and oxygen atoms in total. The molecule has 0 N–H and O–H groups in total. The lowest BCUT2D eigenvalue weighted by Gasteiger charge is -2.33. The summed E-state index contributed by atoms with van der Waals surface area (Å²) in [7, 11) is 0. The molecule has 0 spiro atoms. The van der Waals surface area contributed by atoms with Crippen molar-refractivity contribution < 1.29 is 0 Å². The lowest BCUT2D eigenvalue weighted by Crippen LogP contribution is -2.36. The van der Waals surface area contributed by atoms with Gasteiger partial charge in [-0.15, -0.1) is 0 Å². The summed E-state index contributed by atoms with van der Waals surface area (Å²) in [4.78, 5) is 0. The Bertz CT molecular complexity index is 2790. The third-order valence-corrected chi connectivity index (χ3v) is 11.3. The molecule has 0 aromatic heterocycles. The van der Waals surface area contributed by atoms with Crippen LogP contribution >= 0.6 is 0 Å². The lowest BCUT2D eigenvalue weighted by molar-refractivity contribution is 0.558. The van der Waals surface area contributed by atoms with E-state index in [2.05, 4.69) is 171 Å². The number of fused-ring (bicyclic) bond motifs is 8. The zero-order valence-corrected chi connectivity index (χ0v) is 29.7. The normalized spacial score (nSPS) is 16.4. The van der Waals surface area contributed by atoms with E-state index in [1.807, 2.05) is 13.8 Å². The minimum absolute atomic E-state index is 0.284. The van der Waals surface area contributed by atoms with Crippen molar-refractivity contribution in [3.63, 3.8) is 0 Å². The summed E-state index contributed by atoms with van der Waals surface area (Å²) in [5, 5.41) is 13.1. The summed E-state index contributed by atoms with van der Waals surface area (Å²) in [6.07, 6.45) is 9.66. The molecule has 0 radical (unpaired) electrons. The topological polar surface area (TPSA) is 0 Å². The highest BCUT2D eigenvalue weighted by Gasteiger charge is 2.30. The number of hydrogen-bond donors (Lipinski definition) is 0. The molecular formula is C51H42. The number of allylic oxidation sites excluding steroid dienone is 2. The van der Waals surface area contributed by atoms with Gasteiger partial charge in [0.25, 0.3) is 0 Å². The highest BCUT2D eigenvalue weighted by molar-refractivity contribution is 6.16. The van der Waals surface area contributed by atoms with E-state index in [1.54, 1.807) is 0 Å². The average molecular weight is 655 g/mol. The Labute approximate surface area is 300 Å². The van der Waals surface area contributed by atoms with Gasteiger partial charge in [-0.3, -0.25) is 0 Å². The first-order chi connectivity index (χ1) is 25.2. The molecule has 0 saturated heterocycles. The van der Waals surface area contributed by atoms with Gasteiger partial charge in [-0.05, 0) is 136 Å². The first kappa shape index (κ1) is 31.3. The van der Waals surface area contributed by atoms with Crippen molar-refractivity contribution in [2.45, 2.75) is 39.5 Å². The van der Waals surface area contributed by atoms with Crippen molar-refractivity contribution in [3.8, 4) is 22.3 Å². The number of benzene rings is 8. The molecule has 2 aliphatic rings. The van der Waals surface area contributed by atoms with E-state index >= 15 is 0 Å². The summed E-state index contributed by atoms with van der Waals surface area (Å²) in [6.45, 7) is 6.38. The van der Waals surface area contributed by atoms with E-state index in [9.17, 15) is 0 Å². The van der Waals surface area contributed by atoms with Gasteiger partial charge in [0.1, 0.15) is 0 Å². The van der Waals surface area contributed by atoms with Gasteiger partial charge < -0.3 is 0 Å². The van der Waals surface area contributed by atoms with Crippen molar-refractivity contribution in [1.82, 2.24) is 0 Å². The van der Waals surface area contributed by atoms with E-state index in [1.165, 1.54) is 92.5 Å². The SMILES string of the molecule is CC.Cc1c(-c2cc3ccccc3c3ccccc23)cc(-c2cc3ccccc3c3ccccc23)cc1C1C=c2ccccc2=C2C=CCCC21. The van der Waals surface area contributed by atoms with Gasteiger partial charge in [-0.1, -0.05) is 159 Å². The maximum Gasteiger partial charge on any atom is 0.00993 e. The minimum atomic E-state index is 0.284. The molecule has 2 unspecified atom stereocenters. The molecule has 0 amide bonds. The van der Waals surface area contributed by atoms with Crippen LogP contribution in [0.1, 0.15) is 43.7 Å². The Morgan fingerprint density at radius 3 is 1.75 bits per heavy atom. The summed E-state index contributed by atoms with van der Waals surface area (Å²) >= 11 is 0. The van der Waals surface area contributed by atoms with E-state index in [0.29, 0.717) is 5.92 Å². The van der Waals surface area contributed by atoms with Gasteiger partial charge in [0.15, 0.2) is 0 Å². The van der Waals surface area contributed by atoms with Crippen molar-refractivity contribution >= 4 is 54.7 Å². The van der Waals surface area contributed by atoms with Crippen molar-refractivity contribution in [2.75, 3.05) is 0 Å². The zero-order valence-electron chi connectivity index (χ0n) is 29.7. The van der Waals surface area contributed by atoms with Crippen molar-refractivity contribution in [1.29, 1.82) is 0 Å². The Morgan fingerprint density at radius 1 is 0.510 bits per heavy atom. The molecule has 0 bridgehead atoms. The van der Waals surface area contributed by atoms with Gasteiger partial charge in [-0.2, -0.15) is 0 Å². The van der Waals surface area contributed by atoms with E-state index in [0.717, 1.165) is 12.8 Å². The highest BCUT2D eigenvalue weighted by atomic mass is 14.3. The molecule has 8 aromatic rings. The Morgan fingerprint density at radius 2 is 1.06 bits per heavy atom. The predicted molar refractivity (Wildman–Crippen MR) is 222 cm³/mol. The summed E-state index contributed by atoms with van der Waals surface area (Å²) in [5.74, 6) is 0.732. The molecule has 2 atom stereocenters. The lowest BCUT2D eigenvalue weighted by atomic mass is 9.70. The van der Waals surface area contributed by atoms with Gasteiger partial charge >= 0.3 is 0 Å². The molecule has 51 heavy (non-hydrogen) atoms. The molecule has 0 heterocycles. The molecule has 2 aliphatic carbocycles. The summed E-state index contributed by atoms with van der Waals surface area (Å²) in [5.41, 5.74) is 9.53.